The van der Waals surface area contributed by atoms with E-state index in [1.165, 1.54) is 0 Å². The van der Waals surface area contributed by atoms with Crippen molar-refractivity contribution in [2.24, 2.45) is 23.7 Å². The number of aromatic nitrogens is 1. The van der Waals surface area contributed by atoms with Gasteiger partial charge in [-0.3, -0.25) is 29.1 Å². The summed E-state index contributed by atoms with van der Waals surface area (Å²) in [5.41, 5.74) is 0.903. The van der Waals surface area contributed by atoms with Gasteiger partial charge in [-0.1, -0.05) is 61.0 Å². The first-order chi connectivity index (χ1) is 23.6. The van der Waals surface area contributed by atoms with E-state index >= 15 is 0 Å². The summed E-state index contributed by atoms with van der Waals surface area (Å²) in [5.74, 6) is -1.20. The van der Waals surface area contributed by atoms with Gasteiger partial charge in [-0.2, -0.15) is 0 Å². The van der Waals surface area contributed by atoms with Crippen LogP contribution in [0.25, 0.3) is 0 Å². The summed E-state index contributed by atoms with van der Waals surface area (Å²) in [6.07, 6.45) is 3.63. The highest BCUT2D eigenvalue weighted by Crippen LogP contribution is 2.29. The smallest absolute Gasteiger partial charge is 0.245 e. The van der Waals surface area contributed by atoms with Gasteiger partial charge in [-0.05, 0) is 56.8 Å². The van der Waals surface area contributed by atoms with Gasteiger partial charge >= 0.3 is 0 Å². The summed E-state index contributed by atoms with van der Waals surface area (Å²) in [6, 6.07) is 3.90. The Morgan fingerprint density at radius 1 is 0.980 bits per heavy atom. The van der Waals surface area contributed by atoms with E-state index in [9.17, 15) is 19.2 Å². The Balaban J connectivity index is 2.21. The summed E-state index contributed by atoms with van der Waals surface area (Å²) < 4.78 is 11.9. The van der Waals surface area contributed by atoms with Crippen LogP contribution >= 0.6 is 0 Å². The maximum atomic E-state index is 14.2. The van der Waals surface area contributed by atoms with Gasteiger partial charge in [0.1, 0.15) is 6.04 Å². The average Bonchev–Trinajstić information content (AvgIpc) is 3.56. The number of nitrogens with zero attached hydrogens (tertiary/aromatic N) is 4. The number of hydrogen-bond acceptors (Lipinski definition) is 8. The maximum Gasteiger partial charge on any atom is 0.245 e. The molecule has 1 aromatic heterocycles. The average molecular weight is 703 g/mol. The molecule has 50 heavy (non-hydrogen) atoms. The Kier molecular flexibility index (Phi) is 17.8. The van der Waals surface area contributed by atoms with Crippen LogP contribution in [0.1, 0.15) is 79.8 Å². The quantitative estimate of drug-likeness (QED) is 0.211. The van der Waals surface area contributed by atoms with Gasteiger partial charge in [-0.25, -0.2) is 0 Å². The number of nitrogens with one attached hydrogen (secondary N) is 2. The first kappa shape index (κ1) is 43.1. The molecule has 12 heteroatoms. The number of likely N-dealkylation sites (tertiary alicyclic amines) is 1. The second-order valence-electron chi connectivity index (χ2n) is 14.8. The molecule has 4 amide bonds. The molecule has 2 N–H and O–H groups in total. The van der Waals surface area contributed by atoms with Gasteiger partial charge in [0, 0.05) is 52.7 Å². The summed E-state index contributed by atoms with van der Waals surface area (Å²) in [5, 5.41) is 6.05. The third kappa shape index (κ3) is 11.5. The summed E-state index contributed by atoms with van der Waals surface area (Å²) in [4.78, 5) is 64.5. The molecular formula is C38H66N6O6. The predicted molar refractivity (Wildman–Crippen MR) is 196 cm³/mol. The Morgan fingerprint density at radius 3 is 2.18 bits per heavy atom. The number of carbonyl (C=O) groups is 4. The lowest BCUT2D eigenvalue weighted by Crippen LogP contribution is -2.59. The van der Waals surface area contributed by atoms with Crippen molar-refractivity contribution in [2.75, 3.05) is 48.5 Å². The number of methoxy groups -OCH3 is 2. The molecule has 0 aliphatic carbocycles. The van der Waals surface area contributed by atoms with Crippen LogP contribution < -0.4 is 10.6 Å². The van der Waals surface area contributed by atoms with Crippen LogP contribution in [-0.2, 0) is 35.1 Å². The molecule has 0 bridgehead atoms. The maximum absolute atomic E-state index is 14.2. The van der Waals surface area contributed by atoms with Crippen LogP contribution in [-0.4, -0.2) is 128 Å². The van der Waals surface area contributed by atoms with E-state index in [0.29, 0.717) is 19.5 Å². The van der Waals surface area contributed by atoms with E-state index in [0.717, 1.165) is 25.0 Å². The van der Waals surface area contributed by atoms with E-state index in [1.54, 1.807) is 32.4 Å². The SMILES string of the molecule is CCC(C)C(C(CC(=O)N1CCCC1C(OC)C(C)C(=O)NCCc1ccccn1)OC)N(C)C(=O)[C@@H](NC(=O)C(C(C)C)N(C)C)C(C)C. The fourth-order valence-electron chi connectivity index (χ4n) is 7.43. The van der Waals surface area contributed by atoms with Crippen LogP contribution in [0.3, 0.4) is 0 Å². The molecule has 2 heterocycles. The number of rotatable bonds is 20. The lowest BCUT2D eigenvalue weighted by Gasteiger charge is -2.41. The first-order valence-corrected chi connectivity index (χ1v) is 18.4. The molecular weight excluding hydrogens is 636 g/mol. The molecule has 0 radical (unpaired) electrons. The predicted octanol–water partition coefficient (Wildman–Crippen LogP) is 3.39. The topological polar surface area (TPSA) is 133 Å². The summed E-state index contributed by atoms with van der Waals surface area (Å²) in [7, 11) is 8.64. The molecule has 0 saturated carbocycles. The normalized spacial score (nSPS) is 19.1. The van der Waals surface area contributed by atoms with Crippen LogP contribution in [0.5, 0.6) is 0 Å². The molecule has 1 fully saturated rings. The van der Waals surface area contributed by atoms with Crippen molar-refractivity contribution in [3.8, 4) is 0 Å². The molecule has 1 aliphatic rings. The van der Waals surface area contributed by atoms with Crippen LogP contribution in [0.2, 0.25) is 0 Å². The van der Waals surface area contributed by atoms with Gasteiger partial charge < -0.3 is 29.9 Å². The third-order valence-electron chi connectivity index (χ3n) is 10.4. The number of hydrogen-bond donors (Lipinski definition) is 2. The highest BCUT2D eigenvalue weighted by Gasteiger charge is 2.43. The van der Waals surface area contributed by atoms with Crippen molar-refractivity contribution in [3.63, 3.8) is 0 Å². The molecule has 284 valence electrons. The van der Waals surface area contributed by atoms with E-state index < -0.39 is 30.2 Å². The Morgan fingerprint density at radius 2 is 1.66 bits per heavy atom. The van der Waals surface area contributed by atoms with Crippen molar-refractivity contribution in [3.05, 3.63) is 30.1 Å². The minimum atomic E-state index is -0.740. The van der Waals surface area contributed by atoms with Crippen molar-refractivity contribution in [2.45, 2.75) is 117 Å². The van der Waals surface area contributed by atoms with Crippen molar-refractivity contribution in [1.82, 2.24) is 30.3 Å². The number of ether oxygens (including phenoxy) is 2. The monoisotopic (exact) mass is 703 g/mol. The first-order valence-electron chi connectivity index (χ1n) is 18.4. The molecule has 0 aromatic carbocycles. The molecule has 2 rings (SSSR count). The van der Waals surface area contributed by atoms with Crippen LogP contribution in [0, 0.1) is 23.7 Å². The van der Waals surface area contributed by atoms with Gasteiger partial charge in [0.15, 0.2) is 0 Å². The standard InChI is InChI=1S/C38H66N6O6/c1-13-26(6)34(43(10)38(48)32(24(2)3)41-37(47)33(25(4)5)42(8)9)30(49-11)23-31(45)44-22-16-18-29(44)35(50-12)27(7)36(46)40-21-19-28-17-14-15-20-39-28/h14-15,17,20,24-27,29-30,32-35H,13,16,18-19,21-23H2,1-12H3,(H,40,46)(H,41,47)/t26?,27?,29?,30?,32-,33?,34?,35?/m0/s1. The lowest BCUT2D eigenvalue weighted by molar-refractivity contribution is -0.148. The largest absolute Gasteiger partial charge is 0.379 e. The molecule has 1 saturated heterocycles. The second kappa shape index (κ2) is 20.7. The highest BCUT2D eigenvalue weighted by atomic mass is 16.5. The van der Waals surface area contributed by atoms with E-state index in [1.807, 2.05) is 76.7 Å². The lowest BCUT2D eigenvalue weighted by atomic mass is 9.89. The van der Waals surface area contributed by atoms with Gasteiger partial charge in [0.05, 0.1) is 42.7 Å². The molecule has 1 aromatic rings. The van der Waals surface area contributed by atoms with Crippen LogP contribution in [0.15, 0.2) is 24.4 Å². The molecule has 7 unspecified atom stereocenters. The molecule has 0 spiro atoms. The molecule has 8 atom stereocenters. The fourth-order valence-corrected chi connectivity index (χ4v) is 7.43. The zero-order valence-electron chi connectivity index (χ0n) is 32.8. The number of pyridine rings is 1. The van der Waals surface area contributed by atoms with Crippen molar-refractivity contribution in [1.29, 1.82) is 0 Å². The van der Waals surface area contributed by atoms with E-state index in [2.05, 4.69) is 29.5 Å². The Hall–Kier alpha value is -3.09. The van der Waals surface area contributed by atoms with Gasteiger partial charge in [-0.15, -0.1) is 0 Å². The van der Waals surface area contributed by atoms with E-state index in [4.69, 9.17) is 9.47 Å². The minimum Gasteiger partial charge on any atom is -0.379 e. The van der Waals surface area contributed by atoms with Crippen LogP contribution in [0.4, 0.5) is 0 Å². The minimum absolute atomic E-state index is 0.00584. The van der Waals surface area contributed by atoms with E-state index in [-0.39, 0.29) is 59.9 Å². The number of likely N-dealkylation sites (N-methyl/N-ethyl adjacent to an activating group) is 2. The Labute approximate surface area is 301 Å². The summed E-state index contributed by atoms with van der Waals surface area (Å²) in [6.45, 7) is 14.8. The second-order valence-corrected chi connectivity index (χ2v) is 14.8. The number of carbonyl (C=O) groups excluding carboxylic acids is 4. The zero-order valence-corrected chi connectivity index (χ0v) is 32.8. The van der Waals surface area contributed by atoms with Gasteiger partial charge in [0.25, 0.3) is 0 Å². The third-order valence-corrected chi connectivity index (χ3v) is 10.4. The fraction of sp³-hybridized carbons (Fsp3) is 0.763. The Bertz CT molecular complexity index is 1210. The van der Waals surface area contributed by atoms with Crippen molar-refractivity contribution < 1.29 is 28.7 Å². The highest BCUT2D eigenvalue weighted by molar-refractivity contribution is 5.90. The van der Waals surface area contributed by atoms with Crippen molar-refractivity contribution >= 4 is 23.6 Å². The van der Waals surface area contributed by atoms with Gasteiger partial charge in [0.2, 0.25) is 23.6 Å². The number of amides is 4. The summed E-state index contributed by atoms with van der Waals surface area (Å²) >= 11 is 0. The molecule has 12 nitrogen and oxygen atoms in total. The zero-order chi connectivity index (χ0) is 37.7. The molecule has 1 aliphatic heterocycles.